The average Bonchev–Trinajstić information content (AvgIpc) is 2.75. The maximum absolute atomic E-state index is 12.8. The van der Waals surface area contributed by atoms with Crippen LogP contribution in [0.3, 0.4) is 0 Å². The van der Waals surface area contributed by atoms with Crippen molar-refractivity contribution < 1.29 is 22.7 Å². The molecule has 164 valence electrons. The molecule has 0 saturated carbocycles. The van der Waals surface area contributed by atoms with Crippen molar-refractivity contribution in [2.45, 2.75) is 38.8 Å². The Morgan fingerprint density at radius 3 is 2.03 bits per heavy atom. The quantitative estimate of drug-likeness (QED) is 0.618. The summed E-state index contributed by atoms with van der Waals surface area (Å²) in [6.07, 6.45) is 1.72. The van der Waals surface area contributed by atoms with Gasteiger partial charge in [-0.15, -0.1) is 0 Å². The molecule has 1 amide bonds. The Morgan fingerprint density at radius 1 is 1.00 bits per heavy atom. The number of carbonyl (C=O) groups excluding carboxylic acids is 1. The number of sulfonamides is 1. The van der Waals surface area contributed by atoms with Crippen molar-refractivity contribution in [1.82, 2.24) is 5.32 Å². The number of anilines is 1. The number of carbonyl (C=O) groups is 1. The van der Waals surface area contributed by atoms with Crippen LogP contribution in [0, 0.1) is 0 Å². The topological polar surface area (TPSA) is 84.9 Å². The smallest absolute Gasteiger partial charge is 0.261 e. The molecule has 0 aliphatic rings. The molecule has 0 aliphatic heterocycles. The lowest BCUT2D eigenvalue weighted by Crippen LogP contribution is -2.39. The predicted molar refractivity (Wildman–Crippen MR) is 119 cm³/mol. The Morgan fingerprint density at radius 2 is 1.57 bits per heavy atom. The number of benzene rings is 2. The minimum atomic E-state index is -3.34. The van der Waals surface area contributed by atoms with Gasteiger partial charge in [0, 0.05) is 7.05 Å². The monoisotopic (exact) mass is 434 g/mol. The summed E-state index contributed by atoms with van der Waals surface area (Å²) in [5.74, 6) is 1.07. The van der Waals surface area contributed by atoms with E-state index in [0.717, 1.165) is 24.0 Å². The first-order valence-electron chi connectivity index (χ1n) is 9.84. The van der Waals surface area contributed by atoms with Crippen molar-refractivity contribution in [2.24, 2.45) is 0 Å². The molecule has 7 nitrogen and oxygen atoms in total. The van der Waals surface area contributed by atoms with Gasteiger partial charge < -0.3 is 14.8 Å². The van der Waals surface area contributed by atoms with Crippen molar-refractivity contribution in [3.8, 4) is 11.5 Å². The number of hydrogen-bond acceptors (Lipinski definition) is 5. The lowest BCUT2D eigenvalue weighted by Gasteiger charge is -2.23. The molecule has 0 fully saturated rings. The van der Waals surface area contributed by atoms with Gasteiger partial charge in [-0.25, -0.2) is 8.42 Å². The molecule has 0 bridgehead atoms. The fourth-order valence-corrected chi connectivity index (χ4v) is 3.44. The number of rotatable bonds is 10. The molecule has 30 heavy (non-hydrogen) atoms. The molecule has 2 aromatic carbocycles. The van der Waals surface area contributed by atoms with Crippen LogP contribution in [0.25, 0.3) is 0 Å². The first-order valence-corrected chi connectivity index (χ1v) is 11.7. The Hall–Kier alpha value is -2.74. The van der Waals surface area contributed by atoms with Crippen LogP contribution in [0.2, 0.25) is 0 Å². The molecule has 0 aromatic heterocycles. The number of ether oxygens (including phenoxy) is 2. The van der Waals surface area contributed by atoms with Gasteiger partial charge in [-0.2, -0.15) is 0 Å². The fourth-order valence-electron chi connectivity index (χ4n) is 2.93. The zero-order chi connectivity index (χ0) is 22.3. The normalized spacial score (nSPS) is 13.2. The van der Waals surface area contributed by atoms with E-state index in [-0.39, 0.29) is 11.9 Å². The van der Waals surface area contributed by atoms with E-state index < -0.39 is 16.1 Å². The summed E-state index contributed by atoms with van der Waals surface area (Å²) < 4.78 is 35.5. The minimum Gasteiger partial charge on any atom is -0.497 e. The number of amides is 1. The largest absolute Gasteiger partial charge is 0.497 e. The third kappa shape index (κ3) is 6.13. The zero-order valence-electron chi connectivity index (χ0n) is 18.1. The molecule has 0 radical (unpaired) electrons. The third-order valence-electron chi connectivity index (χ3n) is 4.88. The van der Waals surface area contributed by atoms with E-state index in [4.69, 9.17) is 9.47 Å². The maximum Gasteiger partial charge on any atom is 0.261 e. The van der Waals surface area contributed by atoms with Gasteiger partial charge >= 0.3 is 0 Å². The van der Waals surface area contributed by atoms with Crippen molar-refractivity contribution in [3.05, 3.63) is 54.1 Å². The van der Waals surface area contributed by atoms with E-state index >= 15 is 0 Å². The van der Waals surface area contributed by atoms with Crippen molar-refractivity contribution in [1.29, 1.82) is 0 Å². The van der Waals surface area contributed by atoms with E-state index in [1.165, 1.54) is 11.4 Å². The highest BCUT2D eigenvalue weighted by molar-refractivity contribution is 7.92. The van der Waals surface area contributed by atoms with Crippen LogP contribution in [0.15, 0.2) is 48.5 Å². The molecule has 0 saturated heterocycles. The minimum absolute atomic E-state index is 0.133. The van der Waals surface area contributed by atoms with Crippen LogP contribution in [-0.4, -0.2) is 40.8 Å². The molecular formula is C22H30N2O5S. The molecule has 0 spiro atoms. The maximum atomic E-state index is 12.8. The van der Waals surface area contributed by atoms with E-state index in [1.54, 1.807) is 31.4 Å². The van der Waals surface area contributed by atoms with Crippen LogP contribution >= 0.6 is 0 Å². The van der Waals surface area contributed by atoms with Gasteiger partial charge in [-0.1, -0.05) is 26.0 Å². The molecule has 8 heteroatoms. The number of hydrogen-bond donors (Lipinski definition) is 1. The molecule has 2 aromatic rings. The Kier molecular flexibility index (Phi) is 8.11. The molecule has 2 rings (SSSR count). The van der Waals surface area contributed by atoms with Crippen LogP contribution in [0.1, 0.15) is 38.3 Å². The van der Waals surface area contributed by atoms with Crippen molar-refractivity contribution in [2.75, 3.05) is 24.7 Å². The summed E-state index contributed by atoms with van der Waals surface area (Å²) in [5.41, 5.74) is 1.52. The third-order valence-corrected chi connectivity index (χ3v) is 6.09. The van der Waals surface area contributed by atoms with Crippen molar-refractivity contribution in [3.63, 3.8) is 0 Å². The van der Waals surface area contributed by atoms with Crippen molar-refractivity contribution >= 4 is 21.6 Å². The summed E-state index contributed by atoms with van der Waals surface area (Å²) >= 11 is 0. The lowest BCUT2D eigenvalue weighted by molar-refractivity contribution is -0.128. The Bertz CT molecular complexity index is 927. The fraction of sp³-hybridized carbons (Fsp3) is 0.409. The SMILES string of the molecule is CC[C@@H](Oc1ccc(N(C)S(C)(=O)=O)cc1)C(=O)N[C@H](CC)c1ccc(OC)cc1. The standard InChI is InChI=1S/C22H30N2O5S/c1-6-20(16-8-12-18(28-4)13-9-16)23-22(25)21(7-2)29-19-14-10-17(11-15-19)24(3)30(5,26)27/h8-15,20-21H,6-7H2,1-5H3,(H,23,25)/t20-,21-/m1/s1. The Labute approximate surface area is 179 Å². The highest BCUT2D eigenvalue weighted by atomic mass is 32.2. The van der Waals surface area contributed by atoms with E-state index in [2.05, 4.69) is 5.32 Å². The number of nitrogens with zero attached hydrogens (tertiary/aromatic N) is 1. The van der Waals surface area contributed by atoms with E-state index in [0.29, 0.717) is 17.9 Å². The highest BCUT2D eigenvalue weighted by Gasteiger charge is 2.22. The van der Waals surface area contributed by atoms with Gasteiger partial charge in [0.1, 0.15) is 11.5 Å². The van der Waals surface area contributed by atoms with Crippen LogP contribution in [0.4, 0.5) is 5.69 Å². The van der Waals surface area contributed by atoms with Crippen LogP contribution < -0.4 is 19.1 Å². The number of nitrogens with one attached hydrogen (secondary N) is 1. The number of methoxy groups -OCH3 is 1. The van der Waals surface area contributed by atoms with Gasteiger partial charge in [-0.3, -0.25) is 9.10 Å². The summed E-state index contributed by atoms with van der Waals surface area (Å²) in [6, 6.07) is 14.1. The summed E-state index contributed by atoms with van der Waals surface area (Å²) in [7, 11) is -0.239. The predicted octanol–water partition coefficient (Wildman–Crippen LogP) is 3.52. The molecule has 0 unspecified atom stereocenters. The van der Waals surface area contributed by atoms with Gasteiger partial charge in [0.2, 0.25) is 10.0 Å². The molecule has 1 N–H and O–H groups in total. The van der Waals surface area contributed by atoms with Gasteiger partial charge in [0.25, 0.3) is 5.91 Å². The van der Waals surface area contributed by atoms with Gasteiger partial charge in [0.05, 0.1) is 25.1 Å². The first-order chi connectivity index (χ1) is 14.2. The molecule has 0 heterocycles. The molecule has 0 aliphatic carbocycles. The molecule has 2 atom stereocenters. The first kappa shape index (κ1) is 23.5. The summed E-state index contributed by atoms with van der Waals surface area (Å²) in [5, 5.41) is 3.05. The van der Waals surface area contributed by atoms with Crippen LogP contribution in [0.5, 0.6) is 11.5 Å². The summed E-state index contributed by atoms with van der Waals surface area (Å²) in [6.45, 7) is 3.89. The van der Waals surface area contributed by atoms with Gasteiger partial charge in [0.15, 0.2) is 6.10 Å². The van der Waals surface area contributed by atoms with E-state index in [9.17, 15) is 13.2 Å². The summed E-state index contributed by atoms with van der Waals surface area (Å²) in [4.78, 5) is 12.8. The zero-order valence-corrected chi connectivity index (χ0v) is 18.9. The second-order valence-electron chi connectivity index (χ2n) is 6.98. The highest BCUT2D eigenvalue weighted by Crippen LogP contribution is 2.23. The Balaban J connectivity index is 2.06. The molecular weight excluding hydrogens is 404 g/mol. The second-order valence-corrected chi connectivity index (χ2v) is 9.00. The second kappa shape index (κ2) is 10.3. The van der Waals surface area contributed by atoms with Gasteiger partial charge in [-0.05, 0) is 54.8 Å². The average molecular weight is 435 g/mol. The lowest BCUT2D eigenvalue weighted by atomic mass is 10.0. The van der Waals surface area contributed by atoms with E-state index in [1.807, 2.05) is 38.1 Å². The van der Waals surface area contributed by atoms with Crippen LogP contribution in [-0.2, 0) is 14.8 Å².